The van der Waals surface area contributed by atoms with Crippen LogP contribution in [0.1, 0.15) is 37.8 Å². The summed E-state index contributed by atoms with van der Waals surface area (Å²) in [7, 11) is 0. The van der Waals surface area contributed by atoms with Gasteiger partial charge in [-0.25, -0.2) is 0 Å². The van der Waals surface area contributed by atoms with Crippen LogP contribution in [0.5, 0.6) is 5.75 Å². The average Bonchev–Trinajstić information content (AvgIpc) is 2.18. The molecule has 0 aliphatic heterocycles. The third-order valence-corrected chi connectivity index (χ3v) is 2.82. The van der Waals surface area contributed by atoms with Crippen LogP contribution < -0.4 is 10.5 Å². The fourth-order valence-electron chi connectivity index (χ4n) is 1.85. The highest BCUT2D eigenvalue weighted by Crippen LogP contribution is 2.26. The van der Waals surface area contributed by atoms with Crippen molar-refractivity contribution in [2.75, 3.05) is 0 Å². The van der Waals surface area contributed by atoms with Gasteiger partial charge >= 0.3 is 6.36 Å². The highest BCUT2D eigenvalue weighted by molar-refractivity contribution is 5.35. The molecule has 0 fully saturated rings. The Morgan fingerprint density at radius 1 is 1.21 bits per heavy atom. The van der Waals surface area contributed by atoms with Gasteiger partial charge in [0.2, 0.25) is 0 Å². The van der Waals surface area contributed by atoms with Gasteiger partial charge in [0.15, 0.2) is 0 Å². The number of aryl methyl sites for hydroxylation is 2. The zero-order chi connectivity index (χ0) is 14.7. The van der Waals surface area contributed by atoms with E-state index >= 15 is 0 Å². The van der Waals surface area contributed by atoms with E-state index in [4.69, 9.17) is 5.73 Å². The molecule has 1 aromatic carbocycles. The summed E-state index contributed by atoms with van der Waals surface area (Å²) in [5, 5.41) is 0. The Kier molecular flexibility index (Phi) is 4.85. The van der Waals surface area contributed by atoms with E-state index in [1.54, 1.807) is 6.07 Å². The van der Waals surface area contributed by atoms with Crippen LogP contribution in [0.4, 0.5) is 13.2 Å². The van der Waals surface area contributed by atoms with E-state index in [1.165, 1.54) is 12.1 Å². The van der Waals surface area contributed by atoms with Crippen LogP contribution >= 0.6 is 0 Å². The maximum absolute atomic E-state index is 12.1. The van der Waals surface area contributed by atoms with Gasteiger partial charge in [0.1, 0.15) is 5.75 Å². The molecule has 0 atom stereocenters. The highest BCUT2D eigenvalue weighted by atomic mass is 19.4. The fraction of sp³-hybridized carbons (Fsp3) is 0.571. The van der Waals surface area contributed by atoms with E-state index in [0.717, 1.165) is 24.0 Å². The zero-order valence-electron chi connectivity index (χ0n) is 11.5. The minimum Gasteiger partial charge on any atom is -0.406 e. The summed E-state index contributed by atoms with van der Waals surface area (Å²) in [5.41, 5.74) is 7.45. The van der Waals surface area contributed by atoms with Crippen molar-refractivity contribution in [1.82, 2.24) is 0 Å². The molecule has 2 N–H and O–H groups in total. The van der Waals surface area contributed by atoms with Crippen molar-refractivity contribution in [3.63, 3.8) is 0 Å². The van der Waals surface area contributed by atoms with Crippen molar-refractivity contribution < 1.29 is 17.9 Å². The van der Waals surface area contributed by atoms with Gasteiger partial charge < -0.3 is 10.5 Å². The second-order valence-corrected chi connectivity index (χ2v) is 5.48. The first-order valence-corrected chi connectivity index (χ1v) is 6.21. The van der Waals surface area contributed by atoms with Gasteiger partial charge in [0.25, 0.3) is 0 Å². The van der Waals surface area contributed by atoms with Crippen LogP contribution in [0.2, 0.25) is 0 Å². The largest absolute Gasteiger partial charge is 0.573 e. The van der Waals surface area contributed by atoms with Crippen LogP contribution in [0.25, 0.3) is 0 Å². The van der Waals surface area contributed by atoms with Crippen molar-refractivity contribution >= 4 is 0 Å². The molecule has 0 aromatic heterocycles. The first-order chi connectivity index (χ1) is 8.57. The summed E-state index contributed by atoms with van der Waals surface area (Å²) in [6.45, 7) is 5.74. The molecule has 0 spiro atoms. The lowest BCUT2D eigenvalue weighted by Crippen LogP contribution is -2.31. The number of ether oxygens (including phenoxy) is 1. The predicted molar refractivity (Wildman–Crippen MR) is 69.1 cm³/mol. The molecule has 0 unspecified atom stereocenters. The van der Waals surface area contributed by atoms with E-state index in [9.17, 15) is 13.2 Å². The molecule has 0 saturated carbocycles. The third kappa shape index (κ3) is 6.47. The topological polar surface area (TPSA) is 35.2 Å². The molecule has 2 nitrogen and oxygen atoms in total. The number of hydrogen-bond donors (Lipinski definition) is 1. The van der Waals surface area contributed by atoms with Gasteiger partial charge in [-0.2, -0.15) is 0 Å². The Morgan fingerprint density at radius 2 is 1.84 bits per heavy atom. The molecule has 1 rings (SSSR count). The van der Waals surface area contributed by atoms with E-state index < -0.39 is 6.36 Å². The maximum Gasteiger partial charge on any atom is 0.573 e. The molecule has 19 heavy (non-hydrogen) atoms. The Morgan fingerprint density at radius 3 is 2.37 bits per heavy atom. The quantitative estimate of drug-likeness (QED) is 0.883. The molecule has 0 aliphatic rings. The van der Waals surface area contributed by atoms with Crippen LogP contribution in [-0.4, -0.2) is 11.9 Å². The molecule has 0 heterocycles. The van der Waals surface area contributed by atoms with Gasteiger partial charge in [-0.3, -0.25) is 0 Å². The summed E-state index contributed by atoms with van der Waals surface area (Å²) in [5.74, 6) is -0.167. The Balaban J connectivity index is 2.69. The standard InChI is InChI=1S/C14H20F3NO/c1-10-6-7-12(19-14(15,16)17)9-11(10)5-4-8-13(2,3)18/h6-7,9H,4-5,8,18H2,1-3H3. The van der Waals surface area contributed by atoms with Gasteiger partial charge in [0.05, 0.1) is 0 Å². The molecule has 108 valence electrons. The first kappa shape index (κ1) is 15.8. The number of nitrogens with two attached hydrogens (primary N) is 1. The SMILES string of the molecule is Cc1ccc(OC(F)(F)F)cc1CCCC(C)(C)N. The Labute approximate surface area is 111 Å². The van der Waals surface area contributed by atoms with Crippen LogP contribution in [-0.2, 0) is 6.42 Å². The number of halogens is 3. The molecule has 0 saturated heterocycles. The van der Waals surface area contributed by atoms with Crippen molar-refractivity contribution in [3.8, 4) is 5.75 Å². The molecule has 0 aliphatic carbocycles. The number of rotatable bonds is 5. The second kappa shape index (κ2) is 5.82. The number of hydrogen-bond acceptors (Lipinski definition) is 2. The van der Waals surface area contributed by atoms with E-state index in [2.05, 4.69) is 4.74 Å². The van der Waals surface area contributed by atoms with Crippen LogP contribution in [0, 0.1) is 6.92 Å². The fourth-order valence-corrected chi connectivity index (χ4v) is 1.85. The molecule has 5 heteroatoms. The van der Waals surface area contributed by atoms with Crippen LogP contribution in [0.3, 0.4) is 0 Å². The molecular formula is C14H20F3NO. The number of benzene rings is 1. The molecule has 0 bridgehead atoms. The minimum atomic E-state index is -4.65. The summed E-state index contributed by atoms with van der Waals surface area (Å²) in [6, 6.07) is 4.43. The van der Waals surface area contributed by atoms with Crippen LogP contribution in [0.15, 0.2) is 18.2 Å². The lowest BCUT2D eigenvalue weighted by Gasteiger charge is -2.18. The lowest BCUT2D eigenvalue weighted by molar-refractivity contribution is -0.274. The third-order valence-electron chi connectivity index (χ3n) is 2.82. The molecular weight excluding hydrogens is 255 g/mol. The van der Waals surface area contributed by atoms with Gasteiger partial charge in [-0.1, -0.05) is 6.07 Å². The van der Waals surface area contributed by atoms with Crippen molar-refractivity contribution in [3.05, 3.63) is 29.3 Å². The zero-order valence-corrected chi connectivity index (χ0v) is 11.5. The van der Waals surface area contributed by atoms with Gasteiger partial charge in [-0.05, 0) is 63.3 Å². The Hall–Kier alpha value is -1.23. The van der Waals surface area contributed by atoms with Gasteiger partial charge in [0, 0.05) is 5.54 Å². The van der Waals surface area contributed by atoms with Crippen molar-refractivity contribution in [2.24, 2.45) is 5.73 Å². The average molecular weight is 275 g/mol. The first-order valence-electron chi connectivity index (χ1n) is 6.21. The lowest BCUT2D eigenvalue weighted by atomic mass is 9.95. The van der Waals surface area contributed by atoms with E-state index in [1.807, 2.05) is 20.8 Å². The second-order valence-electron chi connectivity index (χ2n) is 5.48. The van der Waals surface area contributed by atoms with Gasteiger partial charge in [-0.15, -0.1) is 13.2 Å². The molecule has 0 radical (unpaired) electrons. The summed E-state index contributed by atoms with van der Waals surface area (Å²) >= 11 is 0. The molecule has 1 aromatic rings. The van der Waals surface area contributed by atoms with Crippen molar-refractivity contribution in [1.29, 1.82) is 0 Å². The summed E-state index contributed by atoms with van der Waals surface area (Å²) in [4.78, 5) is 0. The molecule has 0 amide bonds. The smallest absolute Gasteiger partial charge is 0.406 e. The predicted octanol–water partition coefficient (Wildman–Crippen LogP) is 3.95. The monoisotopic (exact) mass is 275 g/mol. The van der Waals surface area contributed by atoms with E-state index in [-0.39, 0.29) is 11.3 Å². The highest BCUT2D eigenvalue weighted by Gasteiger charge is 2.31. The summed E-state index contributed by atoms with van der Waals surface area (Å²) < 4.78 is 40.3. The maximum atomic E-state index is 12.1. The Bertz CT molecular complexity index is 422. The minimum absolute atomic E-state index is 0.167. The number of alkyl halides is 3. The van der Waals surface area contributed by atoms with E-state index in [0.29, 0.717) is 6.42 Å². The normalized spacial score (nSPS) is 12.6. The van der Waals surface area contributed by atoms with Crippen molar-refractivity contribution in [2.45, 2.75) is 51.9 Å². The summed E-state index contributed by atoms with van der Waals surface area (Å²) in [6.07, 6.45) is -2.30.